The number of methoxy groups -OCH3 is 1. The van der Waals surface area contributed by atoms with Crippen molar-refractivity contribution in [3.05, 3.63) is 54.1 Å². The molecule has 1 aliphatic rings. The van der Waals surface area contributed by atoms with Gasteiger partial charge in [0.2, 0.25) is 11.8 Å². The number of carboxylic acid groups (broad SMARTS) is 1. The number of nitrogens with zero attached hydrogens (tertiary/aromatic N) is 1. The fourth-order valence-electron chi connectivity index (χ4n) is 2.89. The van der Waals surface area contributed by atoms with Crippen molar-refractivity contribution in [3.8, 4) is 5.75 Å². The molecular formula is C19H18N2O5. The Morgan fingerprint density at radius 2 is 1.96 bits per heavy atom. The summed E-state index contributed by atoms with van der Waals surface area (Å²) >= 11 is 0. The summed E-state index contributed by atoms with van der Waals surface area (Å²) in [5.74, 6) is -1.40. The predicted molar refractivity (Wildman–Crippen MR) is 95.5 cm³/mol. The van der Waals surface area contributed by atoms with Crippen LogP contribution in [0, 0.1) is 5.92 Å². The number of nitrogens with one attached hydrogen (secondary N) is 1. The topological polar surface area (TPSA) is 95.9 Å². The molecule has 2 N–H and O–H groups in total. The van der Waals surface area contributed by atoms with Crippen LogP contribution in [0.2, 0.25) is 0 Å². The van der Waals surface area contributed by atoms with Gasteiger partial charge in [-0.2, -0.15) is 0 Å². The zero-order valence-electron chi connectivity index (χ0n) is 14.1. The molecule has 1 aliphatic heterocycles. The molecule has 2 aromatic carbocycles. The van der Waals surface area contributed by atoms with E-state index in [1.165, 1.54) is 12.1 Å². The van der Waals surface area contributed by atoms with Gasteiger partial charge in [0.25, 0.3) is 0 Å². The van der Waals surface area contributed by atoms with E-state index in [4.69, 9.17) is 9.84 Å². The lowest BCUT2D eigenvalue weighted by atomic mass is 10.1. The minimum absolute atomic E-state index is 0.0864. The van der Waals surface area contributed by atoms with Gasteiger partial charge >= 0.3 is 5.97 Å². The van der Waals surface area contributed by atoms with Crippen LogP contribution < -0.4 is 15.0 Å². The second-order valence-electron chi connectivity index (χ2n) is 5.98. The summed E-state index contributed by atoms with van der Waals surface area (Å²) in [6.07, 6.45) is 0.0989. The van der Waals surface area contributed by atoms with E-state index in [1.807, 2.05) is 0 Å². The predicted octanol–water partition coefficient (Wildman–Crippen LogP) is 2.39. The molecule has 2 amide bonds. The van der Waals surface area contributed by atoms with E-state index in [2.05, 4.69) is 5.32 Å². The number of carboxylic acids is 1. The number of carbonyl (C=O) groups is 3. The maximum absolute atomic E-state index is 12.5. The number of aromatic carboxylic acids is 1. The van der Waals surface area contributed by atoms with Gasteiger partial charge in [0.05, 0.1) is 18.6 Å². The Hall–Kier alpha value is -3.35. The fraction of sp³-hybridized carbons (Fsp3) is 0.211. The molecule has 0 spiro atoms. The van der Waals surface area contributed by atoms with Crippen molar-refractivity contribution in [2.45, 2.75) is 6.42 Å². The molecule has 7 nitrogen and oxygen atoms in total. The number of amides is 2. The Kier molecular flexibility index (Phi) is 4.88. The lowest BCUT2D eigenvalue weighted by Gasteiger charge is -2.17. The smallest absolute Gasteiger partial charge is 0.335 e. The molecule has 0 unspecified atom stereocenters. The third-order valence-corrected chi connectivity index (χ3v) is 4.24. The van der Waals surface area contributed by atoms with Gasteiger partial charge < -0.3 is 20.1 Å². The second kappa shape index (κ2) is 7.26. The zero-order valence-corrected chi connectivity index (χ0v) is 14.1. The monoisotopic (exact) mass is 354 g/mol. The van der Waals surface area contributed by atoms with Crippen molar-refractivity contribution >= 4 is 29.2 Å². The van der Waals surface area contributed by atoms with E-state index in [-0.39, 0.29) is 30.3 Å². The van der Waals surface area contributed by atoms with Crippen LogP contribution in [0.3, 0.4) is 0 Å². The SMILES string of the molecule is COc1cccc(N2C[C@H](C(=O)Nc3cccc(C(=O)O)c3)CC2=O)c1. The molecule has 0 saturated carbocycles. The molecule has 1 saturated heterocycles. The highest BCUT2D eigenvalue weighted by Gasteiger charge is 2.35. The molecule has 1 atom stereocenters. The van der Waals surface area contributed by atoms with Gasteiger partial charge in [-0.15, -0.1) is 0 Å². The van der Waals surface area contributed by atoms with Gasteiger partial charge in [-0.05, 0) is 30.3 Å². The Morgan fingerprint density at radius 1 is 1.19 bits per heavy atom. The Balaban J connectivity index is 1.71. The number of rotatable bonds is 5. The standard InChI is InChI=1S/C19H18N2O5/c1-26-16-7-3-6-15(10-16)21-11-13(9-17(21)22)18(23)20-14-5-2-4-12(8-14)19(24)25/h2-8,10,13H,9,11H2,1H3,(H,20,23)(H,24,25)/t13-/m1/s1. The summed E-state index contributed by atoms with van der Waals surface area (Å²) < 4.78 is 5.17. The highest BCUT2D eigenvalue weighted by molar-refractivity contribution is 6.04. The maximum atomic E-state index is 12.5. The minimum Gasteiger partial charge on any atom is -0.497 e. The zero-order chi connectivity index (χ0) is 18.7. The molecule has 2 aromatic rings. The minimum atomic E-state index is -1.07. The lowest BCUT2D eigenvalue weighted by Crippen LogP contribution is -2.28. The number of hydrogen-bond donors (Lipinski definition) is 2. The van der Waals surface area contributed by atoms with Crippen molar-refractivity contribution < 1.29 is 24.2 Å². The summed E-state index contributed by atoms with van der Waals surface area (Å²) in [6.45, 7) is 0.260. The summed E-state index contributed by atoms with van der Waals surface area (Å²) in [5.41, 5.74) is 1.16. The number of anilines is 2. The molecule has 0 radical (unpaired) electrons. The largest absolute Gasteiger partial charge is 0.497 e. The van der Waals surface area contributed by atoms with Crippen LogP contribution in [0.15, 0.2) is 48.5 Å². The molecule has 0 aromatic heterocycles. The van der Waals surface area contributed by atoms with E-state index in [0.717, 1.165) is 0 Å². The average Bonchev–Trinajstić information content (AvgIpc) is 3.04. The quantitative estimate of drug-likeness (QED) is 0.859. The Bertz CT molecular complexity index is 865. The number of hydrogen-bond acceptors (Lipinski definition) is 4. The third kappa shape index (κ3) is 3.66. The van der Waals surface area contributed by atoms with E-state index in [0.29, 0.717) is 17.1 Å². The van der Waals surface area contributed by atoms with E-state index in [1.54, 1.807) is 48.4 Å². The molecule has 0 aliphatic carbocycles. The first kappa shape index (κ1) is 17.5. The Labute approximate surface area is 150 Å². The lowest BCUT2D eigenvalue weighted by molar-refractivity contribution is -0.122. The summed E-state index contributed by atoms with van der Waals surface area (Å²) in [5, 5.41) is 11.7. The van der Waals surface area contributed by atoms with Crippen molar-refractivity contribution in [2.75, 3.05) is 23.9 Å². The van der Waals surface area contributed by atoms with Gasteiger partial charge in [0.15, 0.2) is 0 Å². The van der Waals surface area contributed by atoms with Gasteiger partial charge in [-0.3, -0.25) is 9.59 Å². The van der Waals surface area contributed by atoms with E-state index >= 15 is 0 Å². The molecule has 1 fully saturated rings. The molecule has 26 heavy (non-hydrogen) atoms. The summed E-state index contributed by atoms with van der Waals surface area (Å²) in [6, 6.07) is 13.1. The Morgan fingerprint density at radius 3 is 2.69 bits per heavy atom. The van der Waals surface area contributed by atoms with Crippen molar-refractivity contribution in [1.82, 2.24) is 0 Å². The van der Waals surface area contributed by atoms with Crippen LogP contribution in [0.5, 0.6) is 5.75 Å². The molecule has 3 rings (SSSR count). The van der Waals surface area contributed by atoms with Crippen molar-refractivity contribution in [3.63, 3.8) is 0 Å². The van der Waals surface area contributed by atoms with Gasteiger partial charge in [-0.1, -0.05) is 12.1 Å². The van der Waals surface area contributed by atoms with Crippen molar-refractivity contribution in [2.24, 2.45) is 5.92 Å². The highest BCUT2D eigenvalue weighted by Crippen LogP contribution is 2.28. The number of ether oxygens (including phenoxy) is 1. The van der Waals surface area contributed by atoms with E-state index < -0.39 is 11.9 Å². The first-order valence-electron chi connectivity index (χ1n) is 8.06. The number of carbonyl (C=O) groups excluding carboxylic acids is 2. The van der Waals surface area contributed by atoms with Crippen LogP contribution in [0.1, 0.15) is 16.8 Å². The van der Waals surface area contributed by atoms with E-state index in [9.17, 15) is 14.4 Å². The first-order chi connectivity index (χ1) is 12.5. The fourth-order valence-corrected chi connectivity index (χ4v) is 2.89. The molecular weight excluding hydrogens is 336 g/mol. The summed E-state index contributed by atoms with van der Waals surface area (Å²) in [4.78, 5) is 37.4. The van der Waals surface area contributed by atoms with Crippen LogP contribution in [-0.2, 0) is 9.59 Å². The second-order valence-corrected chi connectivity index (χ2v) is 5.98. The molecule has 1 heterocycles. The molecule has 0 bridgehead atoms. The molecule has 134 valence electrons. The number of benzene rings is 2. The van der Waals surface area contributed by atoms with Crippen LogP contribution in [-0.4, -0.2) is 36.5 Å². The van der Waals surface area contributed by atoms with Gasteiger partial charge in [-0.25, -0.2) is 4.79 Å². The van der Waals surface area contributed by atoms with Crippen molar-refractivity contribution in [1.29, 1.82) is 0 Å². The third-order valence-electron chi connectivity index (χ3n) is 4.24. The maximum Gasteiger partial charge on any atom is 0.335 e. The highest BCUT2D eigenvalue weighted by atomic mass is 16.5. The van der Waals surface area contributed by atoms with Gasteiger partial charge in [0, 0.05) is 30.4 Å². The first-order valence-corrected chi connectivity index (χ1v) is 8.06. The van der Waals surface area contributed by atoms with Crippen LogP contribution >= 0.6 is 0 Å². The normalized spacial score (nSPS) is 16.4. The van der Waals surface area contributed by atoms with Gasteiger partial charge in [0.1, 0.15) is 5.75 Å². The van der Waals surface area contributed by atoms with Crippen LogP contribution in [0.25, 0.3) is 0 Å². The van der Waals surface area contributed by atoms with Crippen LogP contribution in [0.4, 0.5) is 11.4 Å². The average molecular weight is 354 g/mol. The summed E-state index contributed by atoms with van der Waals surface area (Å²) in [7, 11) is 1.55. The molecule has 7 heteroatoms.